The van der Waals surface area contributed by atoms with Crippen molar-refractivity contribution in [2.45, 2.75) is 12.2 Å². The van der Waals surface area contributed by atoms with Crippen LogP contribution < -0.4 is 9.64 Å². The van der Waals surface area contributed by atoms with Crippen LogP contribution in [0.25, 0.3) is 0 Å². The lowest BCUT2D eigenvalue weighted by molar-refractivity contribution is -0.170. The number of carbonyl (C=O) groups excluding carboxylic acids is 1. The monoisotopic (exact) mass is 335 g/mol. The van der Waals surface area contributed by atoms with Crippen LogP contribution in [0.4, 0.5) is 18.9 Å². The number of sulfone groups is 1. The van der Waals surface area contributed by atoms with Crippen molar-refractivity contribution < 1.29 is 31.1 Å². The van der Waals surface area contributed by atoms with E-state index in [1.54, 1.807) is 0 Å². The maximum Gasteiger partial charge on any atom is 0.471 e. The second kappa shape index (κ2) is 5.64. The van der Waals surface area contributed by atoms with Gasteiger partial charge >= 0.3 is 12.1 Å². The minimum absolute atomic E-state index is 0.0603. The first kappa shape index (κ1) is 16.3. The highest BCUT2D eigenvalue weighted by molar-refractivity contribution is 7.94. The van der Waals surface area contributed by atoms with Crippen molar-refractivity contribution in [3.63, 3.8) is 0 Å². The molecule has 0 radical (unpaired) electrons. The second-order valence-electron chi connectivity index (χ2n) is 4.60. The van der Waals surface area contributed by atoms with Crippen LogP contribution in [0.2, 0.25) is 0 Å². The first-order chi connectivity index (χ1) is 10.1. The molecule has 0 fully saturated rings. The van der Waals surface area contributed by atoms with Crippen molar-refractivity contribution in [2.75, 3.05) is 17.8 Å². The number of carbonyl (C=O) groups is 1. The number of ether oxygens (including phenoxy) is 1. The standard InChI is InChI=1S/C13H12F3NO4S/c1-21-11-4-2-9(3-5-11)17(12(18)13(14,15)16)10-6-7-22(19,20)8-10/h2-7,10H,8H2,1H3/t10-/m1/s1. The number of halogens is 3. The Labute approximate surface area is 124 Å². The Kier molecular flexibility index (Phi) is 4.19. The van der Waals surface area contributed by atoms with Gasteiger partial charge in [-0.15, -0.1) is 0 Å². The third-order valence-electron chi connectivity index (χ3n) is 3.05. The zero-order chi connectivity index (χ0) is 16.5. The number of methoxy groups -OCH3 is 1. The smallest absolute Gasteiger partial charge is 0.471 e. The molecule has 2 rings (SSSR count). The molecule has 22 heavy (non-hydrogen) atoms. The molecule has 1 aliphatic heterocycles. The summed E-state index contributed by atoms with van der Waals surface area (Å²) in [5.74, 6) is -2.30. The molecule has 9 heteroatoms. The van der Waals surface area contributed by atoms with Gasteiger partial charge in [0.2, 0.25) is 0 Å². The molecule has 0 saturated heterocycles. The van der Waals surface area contributed by atoms with Crippen molar-refractivity contribution in [3.05, 3.63) is 35.7 Å². The molecule has 1 aromatic rings. The number of alkyl halides is 3. The zero-order valence-electron chi connectivity index (χ0n) is 11.4. The fraction of sp³-hybridized carbons (Fsp3) is 0.308. The molecule has 1 atom stereocenters. The van der Waals surface area contributed by atoms with Gasteiger partial charge in [0.1, 0.15) is 5.75 Å². The minimum atomic E-state index is -5.11. The normalized spacial score (nSPS) is 19.9. The number of anilines is 1. The van der Waals surface area contributed by atoms with Crippen LogP contribution in [0.15, 0.2) is 35.7 Å². The molecule has 0 N–H and O–H groups in total. The van der Waals surface area contributed by atoms with Crippen molar-refractivity contribution >= 4 is 21.4 Å². The lowest BCUT2D eigenvalue weighted by Crippen LogP contribution is -2.47. The van der Waals surface area contributed by atoms with E-state index in [-0.39, 0.29) is 5.69 Å². The molecule has 0 bridgehead atoms. The summed E-state index contributed by atoms with van der Waals surface area (Å²) in [6.45, 7) is 0. The average Bonchev–Trinajstić information content (AvgIpc) is 2.79. The number of hydrogen-bond donors (Lipinski definition) is 0. The van der Waals surface area contributed by atoms with E-state index in [1.807, 2.05) is 0 Å². The van der Waals surface area contributed by atoms with Gasteiger partial charge in [-0.25, -0.2) is 8.42 Å². The molecule has 1 aliphatic rings. The Hall–Kier alpha value is -2.03. The molecule has 1 aromatic carbocycles. The summed E-state index contributed by atoms with van der Waals surface area (Å²) in [6.07, 6.45) is -4.04. The highest BCUT2D eigenvalue weighted by Crippen LogP contribution is 2.29. The van der Waals surface area contributed by atoms with E-state index in [0.29, 0.717) is 10.6 Å². The molecule has 0 unspecified atom stereocenters. The van der Waals surface area contributed by atoms with Gasteiger partial charge in [-0.05, 0) is 30.3 Å². The number of nitrogens with zero attached hydrogens (tertiary/aromatic N) is 1. The van der Waals surface area contributed by atoms with Crippen LogP contribution in [0.5, 0.6) is 5.75 Å². The zero-order valence-corrected chi connectivity index (χ0v) is 12.2. The lowest BCUT2D eigenvalue weighted by atomic mass is 10.2. The van der Waals surface area contributed by atoms with Crippen molar-refractivity contribution in [1.82, 2.24) is 0 Å². The number of amides is 1. The van der Waals surface area contributed by atoms with Crippen LogP contribution in [-0.2, 0) is 14.6 Å². The van der Waals surface area contributed by atoms with E-state index in [4.69, 9.17) is 4.74 Å². The molecule has 0 aromatic heterocycles. The Bertz CT molecular complexity index is 695. The van der Waals surface area contributed by atoms with Gasteiger partial charge in [-0.3, -0.25) is 9.69 Å². The number of hydrogen-bond acceptors (Lipinski definition) is 4. The molecule has 5 nitrogen and oxygen atoms in total. The summed E-state index contributed by atoms with van der Waals surface area (Å²) in [5.41, 5.74) is -0.0603. The van der Waals surface area contributed by atoms with Gasteiger partial charge in [-0.2, -0.15) is 13.2 Å². The van der Waals surface area contributed by atoms with E-state index in [9.17, 15) is 26.4 Å². The highest BCUT2D eigenvalue weighted by Gasteiger charge is 2.46. The number of rotatable bonds is 3. The van der Waals surface area contributed by atoms with Crippen LogP contribution in [0.3, 0.4) is 0 Å². The maximum atomic E-state index is 12.8. The summed E-state index contributed by atoms with van der Waals surface area (Å²) in [4.78, 5) is 12.1. The summed E-state index contributed by atoms with van der Waals surface area (Å²) in [5, 5.41) is 0.817. The first-order valence-corrected chi connectivity index (χ1v) is 7.81. The predicted molar refractivity (Wildman–Crippen MR) is 73.2 cm³/mol. The topological polar surface area (TPSA) is 63.7 Å². The molecular formula is C13H12F3NO4S. The largest absolute Gasteiger partial charge is 0.497 e. The van der Waals surface area contributed by atoms with Gasteiger partial charge in [-0.1, -0.05) is 0 Å². The van der Waals surface area contributed by atoms with E-state index >= 15 is 0 Å². The van der Waals surface area contributed by atoms with Gasteiger partial charge in [0.25, 0.3) is 0 Å². The van der Waals surface area contributed by atoms with Crippen molar-refractivity contribution in [2.24, 2.45) is 0 Å². The van der Waals surface area contributed by atoms with Gasteiger partial charge in [0, 0.05) is 11.1 Å². The fourth-order valence-electron chi connectivity index (χ4n) is 2.06. The Morgan fingerprint density at radius 1 is 1.27 bits per heavy atom. The molecule has 0 saturated carbocycles. The predicted octanol–water partition coefficient (Wildman–Crippen LogP) is 1.90. The first-order valence-electron chi connectivity index (χ1n) is 6.09. The van der Waals surface area contributed by atoms with E-state index in [0.717, 1.165) is 11.5 Å². The molecule has 0 aliphatic carbocycles. The Morgan fingerprint density at radius 3 is 2.27 bits per heavy atom. The third-order valence-corrected chi connectivity index (χ3v) is 4.43. The van der Waals surface area contributed by atoms with Crippen LogP contribution >= 0.6 is 0 Å². The molecular weight excluding hydrogens is 323 g/mol. The van der Waals surface area contributed by atoms with Crippen molar-refractivity contribution in [1.29, 1.82) is 0 Å². The number of benzene rings is 1. The second-order valence-corrected chi connectivity index (χ2v) is 6.53. The molecule has 1 heterocycles. The SMILES string of the molecule is COc1ccc(N(C(=O)C(F)(F)F)[C@@H]2C=CS(=O)(=O)C2)cc1. The highest BCUT2D eigenvalue weighted by atomic mass is 32.2. The lowest BCUT2D eigenvalue weighted by Gasteiger charge is -2.28. The van der Waals surface area contributed by atoms with Crippen LogP contribution in [0.1, 0.15) is 0 Å². The Morgan fingerprint density at radius 2 is 1.86 bits per heavy atom. The maximum absolute atomic E-state index is 12.8. The molecule has 120 valence electrons. The fourth-order valence-corrected chi connectivity index (χ4v) is 3.33. The average molecular weight is 335 g/mol. The van der Waals surface area contributed by atoms with Gasteiger partial charge in [0.05, 0.1) is 18.9 Å². The summed E-state index contributed by atoms with van der Waals surface area (Å²) >= 11 is 0. The quantitative estimate of drug-likeness (QED) is 0.846. The minimum Gasteiger partial charge on any atom is -0.497 e. The Balaban J connectivity index is 2.41. The summed E-state index contributed by atoms with van der Waals surface area (Å²) in [7, 11) is -2.22. The molecule has 0 spiro atoms. The van der Waals surface area contributed by atoms with Gasteiger partial charge in [0.15, 0.2) is 9.84 Å². The van der Waals surface area contributed by atoms with Gasteiger partial charge < -0.3 is 4.74 Å². The summed E-state index contributed by atoms with van der Waals surface area (Å²) in [6, 6.07) is 4.10. The van der Waals surface area contributed by atoms with E-state index in [1.165, 1.54) is 31.4 Å². The van der Waals surface area contributed by atoms with E-state index < -0.39 is 33.7 Å². The van der Waals surface area contributed by atoms with Crippen LogP contribution in [-0.4, -0.2) is 39.4 Å². The van der Waals surface area contributed by atoms with E-state index in [2.05, 4.69) is 0 Å². The third kappa shape index (κ3) is 3.41. The van der Waals surface area contributed by atoms with Crippen LogP contribution in [0, 0.1) is 0 Å². The van der Waals surface area contributed by atoms with Crippen molar-refractivity contribution in [3.8, 4) is 5.75 Å². The molecule has 1 amide bonds. The summed E-state index contributed by atoms with van der Waals surface area (Å²) < 4.78 is 66.1.